The van der Waals surface area contributed by atoms with Gasteiger partial charge >= 0.3 is 12.6 Å². The highest BCUT2D eigenvalue weighted by molar-refractivity contribution is 7.17. The minimum absolute atomic E-state index is 0.0847. The summed E-state index contributed by atoms with van der Waals surface area (Å²) in [4.78, 5) is 29.5. The molecule has 2 atom stereocenters. The van der Waals surface area contributed by atoms with Gasteiger partial charge in [-0.2, -0.15) is 8.78 Å². The molecule has 0 amide bonds. The molecule has 0 fully saturated rings. The molecule has 6 rings (SSSR count). The van der Waals surface area contributed by atoms with E-state index in [9.17, 15) is 23.5 Å². The SMILES string of the molecule is CC[C@@H]1CN(Cc2cc(C(CC(=O)O)c3cc(OC(F)F)c4c(nnn4C)c3C)cc3ccsc23)Cc2[nH]c(=O)ccc2O1. The monoisotopic (exact) mass is 623 g/mol. The quantitative estimate of drug-likeness (QED) is 0.219. The molecular weight excluding hydrogens is 592 g/mol. The average molecular weight is 624 g/mol. The summed E-state index contributed by atoms with van der Waals surface area (Å²) in [7, 11) is 1.59. The number of benzene rings is 2. The van der Waals surface area contributed by atoms with Crippen molar-refractivity contribution in [3.63, 3.8) is 0 Å². The van der Waals surface area contributed by atoms with E-state index in [1.165, 1.54) is 16.8 Å². The van der Waals surface area contributed by atoms with Crippen LogP contribution in [-0.2, 0) is 24.9 Å². The van der Waals surface area contributed by atoms with E-state index in [-0.39, 0.29) is 23.8 Å². The van der Waals surface area contributed by atoms with Crippen molar-refractivity contribution in [2.45, 2.75) is 58.4 Å². The number of fused-ring (bicyclic) bond motifs is 3. The van der Waals surface area contributed by atoms with Crippen molar-refractivity contribution < 1.29 is 28.2 Å². The number of nitrogens with zero attached hydrogens (tertiary/aromatic N) is 4. The summed E-state index contributed by atoms with van der Waals surface area (Å²) in [6.45, 7) is 2.37. The Kier molecular flexibility index (Phi) is 8.08. The Bertz CT molecular complexity index is 1920. The first-order valence-corrected chi connectivity index (χ1v) is 15.1. The normalized spacial score (nSPS) is 16.2. The minimum Gasteiger partial charge on any atom is -0.487 e. The number of rotatable bonds is 9. The Morgan fingerprint density at radius 2 is 2.09 bits per heavy atom. The first-order valence-electron chi connectivity index (χ1n) is 14.2. The Labute approximate surface area is 254 Å². The lowest BCUT2D eigenvalue weighted by Gasteiger charge is -2.25. The number of aryl methyl sites for hydroxylation is 2. The Morgan fingerprint density at radius 3 is 2.84 bits per heavy atom. The topological polar surface area (TPSA) is 123 Å². The van der Waals surface area contributed by atoms with Gasteiger partial charge in [0.2, 0.25) is 5.56 Å². The molecule has 0 radical (unpaired) electrons. The number of ether oxygens (including phenoxy) is 2. The van der Waals surface area contributed by atoms with E-state index in [4.69, 9.17) is 9.47 Å². The summed E-state index contributed by atoms with van der Waals surface area (Å²) in [6, 6.07) is 10.6. The smallest absolute Gasteiger partial charge is 0.387 e. The molecule has 13 heteroatoms. The first kappa shape index (κ1) is 29.7. The summed E-state index contributed by atoms with van der Waals surface area (Å²) in [5.74, 6) is -1.17. The first-order chi connectivity index (χ1) is 21.1. The number of aromatic nitrogens is 4. The van der Waals surface area contributed by atoms with Gasteiger partial charge in [0, 0.05) is 43.4 Å². The van der Waals surface area contributed by atoms with Gasteiger partial charge in [-0.1, -0.05) is 18.2 Å². The third kappa shape index (κ3) is 5.76. The highest BCUT2D eigenvalue weighted by Gasteiger charge is 2.28. The number of carboxylic acid groups (broad SMARTS) is 1. The van der Waals surface area contributed by atoms with Crippen molar-refractivity contribution >= 4 is 38.4 Å². The van der Waals surface area contributed by atoms with Gasteiger partial charge in [-0.15, -0.1) is 16.4 Å². The number of hydrogen-bond acceptors (Lipinski definition) is 8. The van der Waals surface area contributed by atoms with Crippen molar-refractivity contribution in [2.24, 2.45) is 7.05 Å². The molecule has 2 N–H and O–H groups in total. The fourth-order valence-corrected chi connectivity index (χ4v) is 6.96. The van der Waals surface area contributed by atoms with Crippen LogP contribution in [-0.4, -0.2) is 55.2 Å². The number of halogens is 2. The highest BCUT2D eigenvalue weighted by atomic mass is 32.1. The summed E-state index contributed by atoms with van der Waals surface area (Å²) in [6.07, 6.45) is 0.413. The van der Waals surface area contributed by atoms with Crippen LogP contribution in [0.25, 0.3) is 21.1 Å². The minimum atomic E-state index is -3.08. The molecule has 0 bridgehead atoms. The van der Waals surface area contributed by atoms with Gasteiger partial charge in [0.1, 0.15) is 22.9 Å². The Balaban J connectivity index is 1.45. The predicted molar refractivity (Wildman–Crippen MR) is 162 cm³/mol. The molecule has 1 aliphatic rings. The predicted octanol–water partition coefficient (Wildman–Crippen LogP) is 5.56. The number of carbonyl (C=O) groups is 1. The van der Waals surface area contributed by atoms with Crippen molar-refractivity contribution in [3.05, 3.63) is 80.1 Å². The zero-order valence-corrected chi connectivity index (χ0v) is 25.2. The maximum Gasteiger partial charge on any atom is 0.387 e. The summed E-state index contributed by atoms with van der Waals surface area (Å²) >= 11 is 1.59. The van der Waals surface area contributed by atoms with Crippen LogP contribution >= 0.6 is 11.3 Å². The third-order valence-corrected chi connectivity index (χ3v) is 9.11. The second-order valence-electron chi connectivity index (χ2n) is 11.0. The maximum absolute atomic E-state index is 13.5. The third-order valence-electron chi connectivity index (χ3n) is 8.10. The van der Waals surface area contributed by atoms with Gasteiger partial charge in [-0.05, 0) is 70.6 Å². The molecule has 5 aromatic rings. The molecule has 4 heterocycles. The van der Waals surface area contributed by atoms with Gasteiger partial charge < -0.3 is 19.6 Å². The standard InChI is InChI=1S/C31H31F2N5O5S/c1-4-20-14-38(15-23-24(42-20)5-6-26(39)34-23)13-19-10-18(9-17-7-8-44-30(17)19)22(12-27(40)41)21-11-25(43-31(32)33)29-28(16(21)2)35-36-37(29)3/h5-11,20,22,31H,4,12-15H2,1-3H3,(H,34,39)(H,40,41)/t20-,22?/m1/s1. The van der Waals surface area contributed by atoms with Crippen LogP contribution < -0.4 is 15.0 Å². The fraction of sp³-hybridized carbons (Fsp3) is 0.355. The van der Waals surface area contributed by atoms with E-state index < -0.39 is 18.5 Å². The highest BCUT2D eigenvalue weighted by Crippen LogP contribution is 2.40. The van der Waals surface area contributed by atoms with Crippen LogP contribution in [0.1, 0.15) is 53.6 Å². The summed E-state index contributed by atoms with van der Waals surface area (Å²) in [5, 5.41) is 21.1. The lowest BCUT2D eigenvalue weighted by Crippen LogP contribution is -2.32. The van der Waals surface area contributed by atoms with Crippen molar-refractivity contribution in [3.8, 4) is 11.5 Å². The van der Waals surface area contributed by atoms with E-state index >= 15 is 0 Å². The molecule has 1 unspecified atom stereocenters. The number of pyridine rings is 1. The van der Waals surface area contributed by atoms with E-state index in [2.05, 4.69) is 27.1 Å². The summed E-state index contributed by atoms with van der Waals surface area (Å²) < 4.78 is 40.4. The zero-order valence-electron chi connectivity index (χ0n) is 24.3. The number of thiophene rings is 1. The lowest BCUT2D eigenvalue weighted by molar-refractivity contribution is -0.137. The average Bonchev–Trinajstić information content (AvgIpc) is 3.56. The number of alkyl halides is 2. The van der Waals surface area contributed by atoms with Crippen LogP contribution in [0, 0.1) is 6.92 Å². The van der Waals surface area contributed by atoms with Crippen LogP contribution in [0.2, 0.25) is 0 Å². The van der Waals surface area contributed by atoms with Crippen LogP contribution in [0.5, 0.6) is 11.5 Å². The molecule has 1 aliphatic heterocycles. The second kappa shape index (κ2) is 12.0. The second-order valence-corrected chi connectivity index (χ2v) is 11.9. The van der Waals surface area contributed by atoms with Gasteiger partial charge in [-0.3, -0.25) is 14.5 Å². The molecule has 44 heavy (non-hydrogen) atoms. The molecule has 10 nitrogen and oxygen atoms in total. The lowest BCUT2D eigenvalue weighted by atomic mass is 9.84. The van der Waals surface area contributed by atoms with Crippen LogP contribution in [0.4, 0.5) is 8.78 Å². The van der Waals surface area contributed by atoms with Gasteiger partial charge in [0.15, 0.2) is 5.75 Å². The number of aliphatic carboxylic acids is 1. The fourth-order valence-electron chi connectivity index (χ4n) is 6.07. The van der Waals surface area contributed by atoms with E-state index in [0.717, 1.165) is 27.6 Å². The Morgan fingerprint density at radius 1 is 1.27 bits per heavy atom. The molecule has 3 aromatic heterocycles. The number of hydrogen-bond donors (Lipinski definition) is 2. The van der Waals surface area contributed by atoms with Gasteiger partial charge in [-0.25, -0.2) is 4.68 Å². The summed E-state index contributed by atoms with van der Waals surface area (Å²) in [5.41, 5.74) is 4.07. The number of carboxylic acids is 1. The van der Waals surface area contributed by atoms with E-state index in [0.29, 0.717) is 53.2 Å². The number of H-pyrrole nitrogens is 1. The van der Waals surface area contributed by atoms with Crippen LogP contribution in [0.3, 0.4) is 0 Å². The number of nitrogens with one attached hydrogen (secondary N) is 1. The van der Waals surface area contributed by atoms with Crippen molar-refractivity contribution in [1.29, 1.82) is 0 Å². The number of aromatic amines is 1. The van der Waals surface area contributed by atoms with Gasteiger partial charge in [0.25, 0.3) is 0 Å². The molecule has 0 saturated carbocycles. The molecule has 2 aromatic carbocycles. The zero-order chi connectivity index (χ0) is 31.1. The Hall–Kier alpha value is -4.36. The van der Waals surface area contributed by atoms with E-state index in [1.54, 1.807) is 31.4 Å². The van der Waals surface area contributed by atoms with E-state index in [1.807, 2.05) is 23.6 Å². The molecular formula is C31H31F2N5O5S. The molecule has 0 saturated heterocycles. The molecule has 230 valence electrons. The van der Waals surface area contributed by atoms with Crippen molar-refractivity contribution in [1.82, 2.24) is 24.9 Å². The van der Waals surface area contributed by atoms with Gasteiger partial charge in [0.05, 0.1) is 12.1 Å². The largest absolute Gasteiger partial charge is 0.487 e. The maximum atomic E-state index is 13.5. The molecule has 0 aliphatic carbocycles. The van der Waals surface area contributed by atoms with Crippen LogP contribution in [0.15, 0.2) is 46.6 Å². The van der Waals surface area contributed by atoms with Crippen molar-refractivity contribution in [2.75, 3.05) is 6.54 Å². The molecule has 0 spiro atoms.